The molecule has 1 aliphatic rings. The third-order valence-corrected chi connectivity index (χ3v) is 3.61. The van der Waals surface area contributed by atoms with E-state index in [2.05, 4.69) is 5.32 Å². The molecule has 17 heavy (non-hydrogen) atoms. The van der Waals surface area contributed by atoms with Crippen molar-refractivity contribution in [1.29, 1.82) is 0 Å². The lowest BCUT2D eigenvalue weighted by molar-refractivity contribution is -0.122. The van der Waals surface area contributed by atoms with Gasteiger partial charge in [-0.2, -0.15) is 0 Å². The van der Waals surface area contributed by atoms with Crippen molar-refractivity contribution in [2.45, 2.75) is 57.4 Å². The van der Waals surface area contributed by atoms with E-state index in [1.54, 1.807) is 0 Å². The zero-order valence-electron chi connectivity index (χ0n) is 10.7. The molecule has 1 aliphatic carbocycles. The number of amides is 1. The lowest BCUT2D eigenvalue weighted by Gasteiger charge is -2.28. The number of aliphatic hydroxyl groups excluding tert-OH is 1. The largest absolute Gasteiger partial charge is 0.396 e. The Morgan fingerprint density at radius 1 is 1.24 bits per heavy atom. The number of carbonyl (C=O) groups excluding carboxylic acids is 1. The molecular formula is C13H26N2O2. The Morgan fingerprint density at radius 3 is 2.53 bits per heavy atom. The van der Waals surface area contributed by atoms with Crippen molar-refractivity contribution in [3.8, 4) is 0 Å². The Bertz CT molecular complexity index is 213. The van der Waals surface area contributed by atoms with Gasteiger partial charge in [0.25, 0.3) is 0 Å². The molecule has 4 heteroatoms. The SMILES string of the molecule is NCCCCC(=O)N[C@H]1CC[C@H](CCO)CC1. The Balaban J connectivity index is 2.10. The van der Waals surface area contributed by atoms with Gasteiger partial charge in [0, 0.05) is 19.1 Å². The fraction of sp³-hybridized carbons (Fsp3) is 0.923. The average Bonchev–Trinajstić information content (AvgIpc) is 2.32. The first kappa shape index (κ1) is 14.5. The second kappa shape index (κ2) is 8.48. The standard InChI is InChI=1S/C13H26N2O2/c14-9-2-1-3-13(17)15-12-6-4-11(5-7-12)8-10-16/h11-12,16H,1-10,14H2,(H,15,17)/t11-,12-. The van der Waals surface area contributed by atoms with Gasteiger partial charge in [0.1, 0.15) is 0 Å². The highest BCUT2D eigenvalue weighted by atomic mass is 16.3. The molecule has 0 aromatic rings. The van der Waals surface area contributed by atoms with Crippen LogP contribution in [0.2, 0.25) is 0 Å². The maximum atomic E-state index is 11.6. The second-order valence-electron chi connectivity index (χ2n) is 5.04. The molecule has 4 nitrogen and oxygen atoms in total. The van der Waals surface area contributed by atoms with E-state index >= 15 is 0 Å². The predicted octanol–water partition coefficient (Wildman–Crippen LogP) is 1.17. The van der Waals surface area contributed by atoms with E-state index in [0.717, 1.165) is 44.9 Å². The van der Waals surface area contributed by atoms with Gasteiger partial charge < -0.3 is 16.2 Å². The van der Waals surface area contributed by atoms with Crippen LogP contribution in [0, 0.1) is 5.92 Å². The molecule has 100 valence electrons. The lowest BCUT2D eigenvalue weighted by atomic mass is 9.84. The molecule has 0 heterocycles. The molecule has 0 spiro atoms. The normalized spacial score (nSPS) is 24.6. The highest BCUT2D eigenvalue weighted by molar-refractivity contribution is 5.76. The van der Waals surface area contributed by atoms with E-state index in [9.17, 15) is 4.79 Å². The molecular weight excluding hydrogens is 216 g/mol. The van der Waals surface area contributed by atoms with Gasteiger partial charge >= 0.3 is 0 Å². The van der Waals surface area contributed by atoms with E-state index in [4.69, 9.17) is 10.8 Å². The molecule has 0 saturated heterocycles. The van der Waals surface area contributed by atoms with Gasteiger partial charge in [-0.05, 0) is 57.4 Å². The second-order valence-corrected chi connectivity index (χ2v) is 5.04. The van der Waals surface area contributed by atoms with Crippen LogP contribution >= 0.6 is 0 Å². The van der Waals surface area contributed by atoms with Crippen LogP contribution in [0.25, 0.3) is 0 Å². The van der Waals surface area contributed by atoms with Gasteiger partial charge in [0.15, 0.2) is 0 Å². The number of unbranched alkanes of at least 4 members (excludes halogenated alkanes) is 1. The Hall–Kier alpha value is -0.610. The molecule has 0 radical (unpaired) electrons. The summed E-state index contributed by atoms with van der Waals surface area (Å²) >= 11 is 0. The fourth-order valence-corrected chi connectivity index (χ4v) is 2.51. The maximum Gasteiger partial charge on any atom is 0.220 e. The smallest absolute Gasteiger partial charge is 0.220 e. The van der Waals surface area contributed by atoms with Gasteiger partial charge in [0.2, 0.25) is 5.91 Å². The number of aliphatic hydroxyl groups is 1. The minimum absolute atomic E-state index is 0.170. The van der Waals surface area contributed by atoms with E-state index in [0.29, 0.717) is 31.5 Å². The van der Waals surface area contributed by atoms with E-state index < -0.39 is 0 Å². The summed E-state index contributed by atoms with van der Waals surface area (Å²) in [6.07, 6.45) is 7.73. The first-order chi connectivity index (χ1) is 8.26. The van der Waals surface area contributed by atoms with Crippen LogP contribution in [0.4, 0.5) is 0 Å². The van der Waals surface area contributed by atoms with Crippen LogP contribution in [0.15, 0.2) is 0 Å². The van der Waals surface area contributed by atoms with Crippen LogP contribution in [0.3, 0.4) is 0 Å². The first-order valence-electron chi connectivity index (χ1n) is 6.86. The van der Waals surface area contributed by atoms with Crippen LogP contribution in [0.5, 0.6) is 0 Å². The van der Waals surface area contributed by atoms with Gasteiger partial charge in [-0.25, -0.2) is 0 Å². The molecule has 0 aromatic heterocycles. The molecule has 1 amide bonds. The fourth-order valence-electron chi connectivity index (χ4n) is 2.51. The van der Waals surface area contributed by atoms with E-state index in [1.165, 1.54) is 0 Å². The Labute approximate surface area is 104 Å². The van der Waals surface area contributed by atoms with Crippen LogP contribution in [-0.2, 0) is 4.79 Å². The number of carbonyl (C=O) groups is 1. The van der Waals surface area contributed by atoms with Crippen molar-refractivity contribution in [3.05, 3.63) is 0 Å². The molecule has 4 N–H and O–H groups in total. The minimum Gasteiger partial charge on any atom is -0.396 e. The number of rotatable bonds is 7. The van der Waals surface area contributed by atoms with Gasteiger partial charge in [-0.3, -0.25) is 4.79 Å². The molecule has 0 aromatic carbocycles. The predicted molar refractivity (Wildman–Crippen MR) is 68.5 cm³/mol. The van der Waals surface area contributed by atoms with Crippen molar-refractivity contribution in [1.82, 2.24) is 5.32 Å². The summed E-state index contributed by atoms with van der Waals surface area (Å²) in [4.78, 5) is 11.6. The summed E-state index contributed by atoms with van der Waals surface area (Å²) in [5.74, 6) is 0.828. The summed E-state index contributed by atoms with van der Waals surface area (Å²) in [7, 11) is 0. The van der Waals surface area contributed by atoms with Crippen LogP contribution < -0.4 is 11.1 Å². The summed E-state index contributed by atoms with van der Waals surface area (Å²) in [6.45, 7) is 0.959. The topological polar surface area (TPSA) is 75.4 Å². The lowest BCUT2D eigenvalue weighted by Crippen LogP contribution is -2.37. The van der Waals surface area contributed by atoms with Crippen molar-refractivity contribution in [2.24, 2.45) is 11.7 Å². The summed E-state index contributed by atoms with van der Waals surface area (Å²) in [5, 5.41) is 12.0. The third-order valence-electron chi connectivity index (χ3n) is 3.61. The monoisotopic (exact) mass is 242 g/mol. The molecule has 0 aliphatic heterocycles. The summed E-state index contributed by atoms with van der Waals surface area (Å²) in [5.41, 5.74) is 5.39. The molecule has 1 rings (SSSR count). The first-order valence-corrected chi connectivity index (χ1v) is 6.86. The Kier molecular flexibility index (Phi) is 7.21. The number of nitrogens with one attached hydrogen (secondary N) is 1. The zero-order valence-corrected chi connectivity index (χ0v) is 10.7. The molecule has 0 unspecified atom stereocenters. The summed E-state index contributed by atoms with van der Waals surface area (Å²) in [6, 6.07) is 0.357. The van der Waals surface area contributed by atoms with Crippen LogP contribution in [-0.4, -0.2) is 30.2 Å². The molecule has 0 bridgehead atoms. The molecule has 1 saturated carbocycles. The number of hydrogen-bond donors (Lipinski definition) is 3. The van der Waals surface area contributed by atoms with E-state index in [1.807, 2.05) is 0 Å². The average molecular weight is 242 g/mol. The quantitative estimate of drug-likeness (QED) is 0.587. The zero-order chi connectivity index (χ0) is 12.5. The third kappa shape index (κ3) is 6.03. The highest BCUT2D eigenvalue weighted by Crippen LogP contribution is 2.26. The minimum atomic E-state index is 0.170. The Morgan fingerprint density at radius 2 is 1.94 bits per heavy atom. The van der Waals surface area contributed by atoms with E-state index in [-0.39, 0.29) is 5.91 Å². The maximum absolute atomic E-state index is 11.6. The van der Waals surface area contributed by atoms with Crippen molar-refractivity contribution in [3.63, 3.8) is 0 Å². The van der Waals surface area contributed by atoms with Crippen molar-refractivity contribution in [2.75, 3.05) is 13.2 Å². The number of hydrogen-bond acceptors (Lipinski definition) is 3. The van der Waals surface area contributed by atoms with Crippen molar-refractivity contribution >= 4 is 5.91 Å². The number of nitrogens with two attached hydrogens (primary N) is 1. The highest BCUT2D eigenvalue weighted by Gasteiger charge is 2.21. The van der Waals surface area contributed by atoms with Gasteiger partial charge in [-0.1, -0.05) is 0 Å². The van der Waals surface area contributed by atoms with Gasteiger partial charge in [0.05, 0.1) is 0 Å². The van der Waals surface area contributed by atoms with Crippen LogP contribution in [0.1, 0.15) is 51.4 Å². The molecule has 0 atom stereocenters. The van der Waals surface area contributed by atoms with Crippen molar-refractivity contribution < 1.29 is 9.90 Å². The van der Waals surface area contributed by atoms with Gasteiger partial charge in [-0.15, -0.1) is 0 Å². The summed E-state index contributed by atoms with van der Waals surface area (Å²) < 4.78 is 0. The molecule has 1 fully saturated rings.